The number of hydrogen-bond donors (Lipinski definition) is 1. The lowest BCUT2D eigenvalue weighted by Crippen LogP contribution is -2.49. The summed E-state index contributed by atoms with van der Waals surface area (Å²) in [7, 11) is 3.78. The van der Waals surface area contributed by atoms with Crippen molar-refractivity contribution in [3.63, 3.8) is 0 Å². The van der Waals surface area contributed by atoms with Gasteiger partial charge in [-0.1, -0.05) is 6.92 Å². The van der Waals surface area contributed by atoms with E-state index in [0.29, 0.717) is 0 Å². The minimum Gasteiger partial charge on any atom is -0.381 e. The van der Waals surface area contributed by atoms with Crippen LogP contribution in [0, 0.1) is 0 Å². The van der Waals surface area contributed by atoms with Gasteiger partial charge in [0.05, 0.1) is 28.0 Å². The molecule has 1 aliphatic heterocycles. The van der Waals surface area contributed by atoms with Crippen LogP contribution in [0.3, 0.4) is 0 Å². The molecule has 1 atom stereocenters. The van der Waals surface area contributed by atoms with Gasteiger partial charge in [0.25, 0.3) is 0 Å². The van der Waals surface area contributed by atoms with E-state index in [1.807, 2.05) is 13.2 Å². The second-order valence-electron chi connectivity index (χ2n) is 5.20. The summed E-state index contributed by atoms with van der Waals surface area (Å²) < 4.78 is 14.6. The van der Waals surface area contributed by atoms with E-state index in [-0.39, 0.29) is 11.6 Å². The van der Waals surface area contributed by atoms with Crippen LogP contribution in [0.2, 0.25) is 0 Å². The molecule has 114 valence electrons. The van der Waals surface area contributed by atoms with E-state index in [0.717, 1.165) is 49.2 Å². The van der Waals surface area contributed by atoms with Crippen molar-refractivity contribution in [3.8, 4) is 0 Å². The van der Waals surface area contributed by atoms with Crippen LogP contribution in [0.25, 0.3) is 0 Å². The largest absolute Gasteiger partial charge is 0.381 e. The number of likely N-dealkylation sites (N-methyl/N-ethyl adjacent to an activating group) is 1. The van der Waals surface area contributed by atoms with Gasteiger partial charge in [-0.3, -0.25) is 4.68 Å². The highest BCUT2D eigenvalue weighted by Crippen LogP contribution is 2.39. The van der Waals surface area contributed by atoms with Gasteiger partial charge in [0, 0.05) is 39.7 Å². The Hall–Kier alpha value is -0.430. The lowest BCUT2D eigenvalue weighted by Gasteiger charge is -2.42. The summed E-state index contributed by atoms with van der Waals surface area (Å²) in [5, 5.41) is 7.91. The molecular formula is C14H24BrN3O2. The lowest BCUT2D eigenvalue weighted by molar-refractivity contribution is -0.112. The highest BCUT2D eigenvalue weighted by molar-refractivity contribution is 9.10. The summed E-state index contributed by atoms with van der Waals surface area (Å²) in [5.41, 5.74) is 0.930. The minimum atomic E-state index is -0.235. The first-order valence-electron chi connectivity index (χ1n) is 7.20. The van der Waals surface area contributed by atoms with Gasteiger partial charge in [-0.2, -0.15) is 5.10 Å². The van der Waals surface area contributed by atoms with Crippen molar-refractivity contribution in [1.82, 2.24) is 15.1 Å². The lowest BCUT2D eigenvalue weighted by atomic mass is 9.84. The van der Waals surface area contributed by atoms with Crippen LogP contribution in [-0.2, 0) is 16.0 Å². The van der Waals surface area contributed by atoms with Gasteiger partial charge in [0.2, 0.25) is 0 Å². The fraction of sp³-hybridized carbons (Fsp3) is 0.786. The average Bonchev–Trinajstić information content (AvgIpc) is 2.83. The number of nitrogens with one attached hydrogen (secondary N) is 1. The maximum atomic E-state index is 5.94. The van der Waals surface area contributed by atoms with Crippen molar-refractivity contribution in [2.24, 2.45) is 0 Å². The Kier molecular flexibility index (Phi) is 5.60. The Bertz CT molecular complexity index is 430. The Labute approximate surface area is 129 Å². The van der Waals surface area contributed by atoms with E-state index in [9.17, 15) is 0 Å². The Morgan fingerprint density at radius 2 is 2.25 bits per heavy atom. The maximum Gasteiger partial charge on any atom is 0.0931 e. The molecule has 0 saturated carbocycles. The molecule has 1 unspecified atom stereocenters. The minimum absolute atomic E-state index is 0.0971. The zero-order valence-corrected chi connectivity index (χ0v) is 14.1. The SMILES string of the molecule is CCCn1ncc(Br)c1C(NC)C1(OC)CCOCC1. The quantitative estimate of drug-likeness (QED) is 0.860. The summed E-state index contributed by atoms with van der Waals surface area (Å²) in [4.78, 5) is 0. The number of hydrogen-bond acceptors (Lipinski definition) is 4. The molecular weight excluding hydrogens is 322 g/mol. The van der Waals surface area contributed by atoms with Gasteiger partial charge in [0.15, 0.2) is 0 Å². The molecule has 5 nitrogen and oxygen atoms in total. The first kappa shape index (κ1) is 15.9. The molecule has 0 aromatic carbocycles. The molecule has 1 saturated heterocycles. The normalized spacial score (nSPS) is 20.0. The molecule has 1 fully saturated rings. The molecule has 1 aliphatic rings. The summed E-state index contributed by atoms with van der Waals surface area (Å²) in [6.45, 7) is 4.56. The molecule has 1 aromatic heterocycles. The molecule has 0 aliphatic carbocycles. The van der Waals surface area contributed by atoms with Gasteiger partial charge in [-0.05, 0) is 29.4 Å². The van der Waals surface area contributed by atoms with E-state index >= 15 is 0 Å². The van der Waals surface area contributed by atoms with Crippen molar-refractivity contribution in [2.75, 3.05) is 27.4 Å². The molecule has 6 heteroatoms. The van der Waals surface area contributed by atoms with E-state index in [4.69, 9.17) is 9.47 Å². The topological polar surface area (TPSA) is 48.3 Å². The van der Waals surface area contributed by atoms with Crippen LogP contribution in [0.4, 0.5) is 0 Å². The third kappa shape index (κ3) is 2.93. The van der Waals surface area contributed by atoms with Crippen LogP contribution in [0.15, 0.2) is 10.7 Å². The van der Waals surface area contributed by atoms with E-state index in [1.165, 1.54) is 0 Å². The Morgan fingerprint density at radius 3 is 2.80 bits per heavy atom. The smallest absolute Gasteiger partial charge is 0.0931 e. The summed E-state index contributed by atoms with van der Waals surface area (Å²) in [6.07, 6.45) is 4.70. The standard InChI is InChI=1S/C14H24BrN3O2/c1-4-7-18-12(11(15)10-17-18)13(16-2)14(19-3)5-8-20-9-6-14/h10,13,16H,4-9H2,1-3H3. The van der Waals surface area contributed by atoms with E-state index < -0.39 is 0 Å². The van der Waals surface area contributed by atoms with Crippen LogP contribution in [0.5, 0.6) is 0 Å². The summed E-state index contributed by atoms with van der Waals surface area (Å²) in [5.74, 6) is 0. The number of ether oxygens (including phenoxy) is 2. The molecule has 0 spiro atoms. The fourth-order valence-corrected chi connectivity index (χ4v) is 3.55. The highest BCUT2D eigenvalue weighted by atomic mass is 79.9. The van der Waals surface area contributed by atoms with Crippen molar-refractivity contribution in [2.45, 2.75) is 44.4 Å². The van der Waals surface area contributed by atoms with Crippen molar-refractivity contribution in [3.05, 3.63) is 16.4 Å². The van der Waals surface area contributed by atoms with Gasteiger partial charge in [0.1, 0.15) is 0 Å². The molecule has 2 rings (SSSR count). The van der Waals surface area contributed by atoms with Gasteiger partial charge < -0.3 is 14.8 Å². The van der Waals surface area contributed by atoms with Crippen LogP contribution in [0.1, 0.15) is 37.9 Å². The maximum absolute atomic E-state index is 5.94. The molecule has 0 bridgehead atoms. The summed E-state index contributed by atoms with van der Waals surface area (Å²) in [6, 6.07) is 0.0971. The molecule has 2 heterocycles. The van der Waals surface area contributed by atoms with Gasteiger partial charge >= 0.3 is 0 Å². The van der Waals surface area contributed by atoms with Crippen LogP contribution >= 0.6 is 15.9 Å². The summed E-state index contributed by atoms with van der Waals surface area (Å²) >= 11 is 3.64. The van der Waals surface area contributed by atoms with Crippen LogP contribution in [-0.4, -0.2) is 42.8 Å². The van der Waals surface area contributed by atoms with Crippen molar-refractivity contribution in [1.29, 1.82) is 0 Å². The predicted molar refractivity (Wildman–Crippen MR) is 81.8 cm³/mol. The molecule has 20 heavy (non-hydrogen) atoms. The number of aromatic nitrogens is 2. The molecule has 0 amide bonds. The van der Waals surface area contributed by atoms with Crippen molar-refractivity contribution >= 4 is 15.9 Å². The second-order valence-corrected chi connectivity index (χ2v) is 6.06. The van der Waals surface area contributed by atoms with Crippen molar-refractivity contribution < 1.29 is 9.47 Å². The number of rotatable bonds is 6. The highest BCUT2D eigenvalue weighted by Gasteiger charge is 2.43. The van der Waals surface area contributed by atoms with Gasteiger partial charge in [-0.25, -0.2) is 0 Å². The van der Waals surface area contributed by atoms with Crippen LogP contribution < -0.4 is 5.32 Å². The molecule has 0 radical (unpaired) electrons. The monoisotopic (exact) mass is 345 g/mol. The first-order valence-corrected chi connectivity index (χ1v) is 7.99. The predicted octanol–water partition coefficient (Wildman–Crippen LogP) is 2.51. The fourth-order valence-electron chi connectivity index (χ4n) is 3.03. The average molecular weight is 346 g/mol. The number of methoxy groups -OCH3 is 1. The number of aryl methyl sites for hydroxylation is 1. The number of nitrogens with zero attached hydrogens (tertiary/aromatic N) is 2. The number of halogens is 1. The van der Waals surface area contributed by atoms with E-state index in [1.54, 1.807) is 7.11 Å². The third-order valence-corrected chi connectivity index (χ3v) is 4.71. The van der Waals surface area contributed by atoms with Gasteiger partial charge in [-0.15, -0.1) is 0 Å². The Morgan fingerprint density at radius 1 is 1.55 bits per heavy atom. The third-order valence-electron chi connectivity index (χ3n) is 4.10. The first-order chi connectivity index (χ1) is 9.68. The zero-order valence-electron chi connectivity index (χ0n) is 12.5. The molecule has 1 N–H and O–H groups in total. The molecule has 1 aromatic rings. The Balaban J connectivity index is 2.37. The second kappa shape index (κ2) is 7.02. The zero-order chi connectivity index (χ0) is 14.6. The van der Waals surface area contributed by atoms with E-state index in [2.05, 4.69) is 38.0 Å².